The minimum absolute atomic E-state index is 0.255. The van der Waals surface area contributed by atoms with E-state index >= 15 is 0 Å². The Morgan fingerprint density at radius 2 is 0.950 bits per heavy atom. The lowest BCUT2D eigenvalue weighted by molar-refractivity contribution is -0.137. The molecular formula is C34H60N11O13S2. The van der Waals surface area contributed by atoms with Gasteiger partial charge >= 0.3 is 0 Å². The van der Waals surface area contributed by atoms with Crippen molar-refractivity contribution in [2.45, 2.75) is 133 Å². The minimum atomic E-state index is -1.81. The van der Waals surface area contributed by atoms with E-state index in [0.29, 0.717) is 19.4 Å². The van der Waals surface area contributed by atoms with Crippen molar-refractivity contribution in [1.29, 1.82) is 0 Å². The van der Waals surface area contributed by atoms with Crippen molar-refractivity contribution in [2.75, 3.05) is 18.1 Å². The second kappa shape index (κ2) is 28.0. The molecule has 17 N–H and O–H groups in total. The van der Waals surface area contributed by atoms with Crippen molar-refractivity contribution in [2.24, 2.45) is 17.2 Å². The molecule has 0 bridgehead atoms. The van der Waals surface area contributed by atoms with Crippen molar-refractivity contribution in [1.82, 2.24) is 42.5 Å². The number of carbonyl (C=O) groups is 9. The molecule has 341 valence electrons. The van der Waals surface area contributed by atoms with E-state index in [4.69, 9.17) is 17.2 Å². The molecule has 0 aromatic heterocycles. The van der Waals surface area contributed by atoms with Gasteiger partial charge in [0, 0.05) is 11.5 Å². The molecule has 9 amide bonds. The molecule has 26 heteroatoms. The van der Waals surface area contributed by atoms with Crippen molar-refractivity contribution in [3.8, 4) is 0 Å². The van der Waals surface area contributed by atoms with Crippen molar-refractivity contribution >= 4 is 84.7 Å². The first kappa shape index (κ1) is 55.4. The second-order valence-electron chi connectivity index (χ2n) is 13.9. The first-order valence-electron chi connectivity index (χ1n) is 18.8. The fourth-order valence-electron chi connectivity index (χ4n) is 4.87. The van der Waals surface area contributed by atoms with Gasteiger partial charge in [0.2, 0.25) is 59.5 Å². The predicted octanol–water partition coefficient (Wildman–Crippen LogP) is -7.65. The molecule has 0 rings (SSSR count). The summed E-state index contributed by atoms with van der Waals surface area (Å²) >= 11 is 8.09. The molecule has 0 saturated carbocycles. The summed E-state index contributed by atoms with van der Waals surface area (Å²) in [6.45, 7) is 6.26. The van der Waals surface area contributed by atoms with Crippen LogP contribution >= 0.6 is 25.3 Å². The van der Waals surface area contributed by atoms with E-state index in [0.717, 1.165) is 20.8 Å². The highest BCUT2D eigenvalue weighted by molar-refractivity contribution is 7.80. The Labute approximate surface area is 358 Å². The Bertz CT molecular complexity index is 1510. The van der Waals surface area contributed by atoms with Crippen molar-refractivity contribution in [3.63, 3.8) is 0 Å². The van der Waals surface area contributed by atoms with E-state index in [2.05, 4.69) is 67.8 Å². The molecule has 12 atom stereocenters. The molecule has 24 nitrogen and oxygen atoms in total. The zero-order valence-corrected chi connectivity index (χ0v) is 35.7. The molecule has 0 aliphatic carbocycles. The summed E-state index contributed by atoms with van der Waals surface area (Å²) in [7, 11) is 0. The lowest BCUT2D eigenvalue weighted by Gasteiger charge is -2.28. The maximum Gasteiger partial charge on any atom is 0.245 e. The van der Waals surface area contributed by atoms with Gasteiger partial charge in [-0.3, -0.25) is 47.9 Å². The van der Waals surface area contributed by atoms with E-state index in [1.54, 1.807) is 0 Å². The minimum Gasteiger partial charge on any atom is -0.391 e. The van der Waals surface area contributed by atoms with Gasteiger partial charge in [-0.25, -0.2) is 0 Å². The third kappa shape index (κ3) is 19.6. The van der Waals surface area contributed by atoms with Crippen LogP contribution in [0, 0.1) is 0 Å². The summed E-state index contributed by atoms with van der Waals surface area (Å²) in [5, 5.41) is 48.2. The SMILES string of the molecule is C[C@H](NC(=O)[C@H](CS)NC(=O)[C@@H](NC(=O)[C@H](C)NC(=O)[C@@H](NC(=O)[C@H](CC(N)=O)NC(=O)[C@H](CS)NC(=O)[C@@H](N)CCCCN)[C@@H](C)O)[C@@H](C)O)C(=O)N[C@H]([C]=O)[C@@H](C)O. The summed E-state index contributed by atoms with van der Waals surface area (Å²) in [6, 6.07) is -13.1. The summed E-state index contributed by atoms with van der Waals surface area (Å²) in [5.41, 5.74) is 16.6. The number of amides is 9. The van der Waals surface area contributed by atoms with Crippen LogP contribution in [0.3, 0.4) is 0 Å². The third-order valence-electron chi connectivity index (χ3n) is 8.51. The average Bonchev–Trinajstić information content (AvgIpc) is 3.17. The summed E-state index contributed by atoms with van der Waals surface area (Å²) in [5.74, 6) is -9.55. The zero-order chi connectivity index (χ0) is 46.4. The fraction of sp³-hybridized carbons (Fsp3) is 0.706. The number of primary amides is 1. The standard InChI is InChI=1S/C34H60N11O13S2/c1-14(27(51)41-21(11-46)16(3)47)38-31(55)22(12-59)43-34(58)26(18(5)49)44-28(52)15(2)39-33(57)25(17(4)48)45-30(54)20(10-24(37)50)40-32(56)23(13-60)42-29(53)19(36)8-6-7-9-35/h14-23,25-26,47-49,59-60H,6-10,12-13,35-36H2,1-5H3,(H2,37,50)(H,38,55)(H,39,57)(H,40,56)(H,41,51)(H,42,53)(H,43,58)(H,44,52)(H,45,54)/t14-,15-,16+,17+,18+,19-,20-,21+,22-,23-,25-,26-/m0/s1. The zero-order valence-electron chi connectivity index (χ0n) is 33.9. The number of carbonyl (C=O) groups excluding carboxylic acids is 10. The van der Waals surface area contributed by atoms with E-state index in [-0.39, 0.29) is 17.9 Å². The largest absolute Gasteiger partial charge is 0.391 e. The summed E-state index contributed by atoms with van der Waals surface area (Å²) in [4.78, 5) is 126. The molecule has 0 aromatic carbocycles. The third-order valence-corrected chi connectivity index (χ3v) is 9.24. The molecule has 0 heterocycles. The fourth-order valence-corrected chi connectivity index (χ4v) is 5.38. The number of rotatable bonds is 28. The van der Waals surface area contributed by atoms with Gasteiger partial charge in [-0.2, -0.15) is 25.3 Å². The Morgan fingerprint density at radius 3 is 1.38 bits per heavy atom. The van der Waals surface area contributed by atoms with Crippen LogP contribution in [0.25, 0.3) is 0 Å². The highest BCUT2D eigenvalue weighted by Gasteiger charge is 2.36. The summed E-state index contributed by atoms with van der Waals surface area (Å²) < 4.78 is 0. The van der Waals surface area contributed by atoms with Gasteiger partial charge in [0.15, 0.2) is 0 Å². The molecule has 0 saturated heterocycles. The van der Waals surface area contributed by atoms with Crippen LogP contribution in [-0.4, -0.2) is 166 Å². The van der Waals surface area contributed by atoms with Gasteiger partial charge in [-0.15, -0.1) is 0 Å². The lowest BCUT2D eigenvalue weighted by atomic mass is 10.1. The molecule has 0 unspecified atom stereocenters. The summed E-state index contributed by atoms with van der Waals surface area (Å²) in [6.07, 6.45) is -2.41. The van der Waals surface area contributed by atoms with Crippen LogP contribution in [-0.2, 0) is 47.9 Å². The van der Waals surface area contributed by atoms with E-state index in [1.807, 2.05) is 0 Å². The molecular weight excluding hydrogens is 835 g/mol. The molecule has 1 radical (unpaired) electrons. The maximum atomic E-state index is 13.3. The normalized spacial score (nSPS) is 17.1. The Balaban J connectivity index is 5.74. The smallest absolute Gasteiger partial charge is 0.245 e. The van der Waals surface area contributed by atoms with Crippen LogP contribution in [0.4, 0.5) is 0 Å². The highest BCUT2D eigenvalue weighted by atomic mass is 32.1. The monoisotopic (exact) mass is 894 g/mol. The molecule has 60 heavy (non-hydrogen) atoms. The molecule has 0 aliphatic rings. The number of unbranched alkanes of at least 4 members (excludes halogenated alkanes) is 1. The number of aliphatic hydroxyl groups is 3. The molecule has 0 aromatic rings. The Morgan fingerprint density at radius 1 is 0.550 bits per heavy atom. The molecule has 0 aliphatic heterocycles. The Kier molecular flexibility index (Phi) is 25.9. The van der Waals surface area contributed by atoms with Gasteiger partial charge in [0.25, 0.3) is 0 Å². The molecule has 0 spiro atoms. The van der Waals surface area contributed by atoms with Gasteiger partial charge in [-0.05, 0) is 54.0 Å². The predicted molar refractivity (Wildman–Crippen MR) is 220 cm³/mol. The molecule has 0 fully saturated rings. The first-order valence-corrected chi connectivity index (χ1v) is 20.0. The van der Waals surface area contributed by atoms with E-state index < -0.39 is 132 Å². The number of nitrogens with one attached hydrogen (secondary N) is 8. The average molecular weight is 895 g/mol. The number of nitrogens with two attached hydrogens (primary N) is 3. The van der Waals surface area contributed by atoms with E-state index in [9.17, 15) is 63.3 Å². The van der Waals surface area contributed by atoms with Crippen LogP contribution < -0.4 is 59.7 Å². The number of hydrogen-bond acceptors (Lipinski definition) is 17. The number of thiol groups is 2. The van der Waals surface area contributed by atoms with E-state index in [1.165, 1.54) is 20.1 Å². The van der Waals surface area contributed by atoms with Crippen LogP contribution in [0.2, 0.25) is 0 Å². The topological polar surface area (TPSA) is 406 Å². The quantitative estimate of drug-likeness (QED) is 0.0256. The van der Waals surface area contributed by atoms with Gasteiger partial charge in [0.1, 0.15) is 48.3 Å². The van der Waals surface area contributed by atoms with Crippen LogP contribution in [0.15, 0.2) is 0 Å². The highest BCUT2D eigenvalue weighted by Crippen LogP contribution is 2.04. The van der Waals surface area contributed by atoms with Crippen LogP contribution in [0.5, 0.6) is 0 Å². The number of aliphatic hydroxyl groups excluding tert-OH is 3. The lowest BCUT2D eigenvalue weighted by Crippen LogP contribution is -2.62. The van der Waals surface area contributed by atoms with Gasteiger partial charge in [-0.1, -0.05) is 6.42 Å². The first-order chi connectivity index (χ1) is 27.9. The van der Waals surface area contributed by atoms with Crippen molar-refractivity contribution < 1.29 is 63.3 Å². The van der Waals surface area contributed by atoms with Gasteiger partial charge < -0.3 is 75.1 Å². The second-order valence-corrected chi connectivity index (χ2v) is 14.6. The number of hydrogen-bond donors (Lipinski definition) is 16. The van der Waals surface area contributed by atoms with Crippen LogP contribution in [0.1, 0.15) is 60.3 Å². The maximum absolute atomic E-state index is 13.3. The van der Waals surface area contributed by atoms with Crippen molar-refractivity contribution in [3.05, 3.63) is 0 Å². The Hall–Kier alpha value is -4.60. The van der Waals surface area contributed by atoms with Gasteiger partial charge in [0.05, 0.1) is 30.8 Å².